The summed E-state index contributed by atoms with van der Waals surface area (Å²) in [5.74, 6) is -1.17. The summed E-state index contributed by atoms with van der Waals surface area (Å²) in [6.45, 7) is 3.56. The van der Waals surface area contributed by atoms with Crippen molar-refractivity contribution in [3.05, 3.63) is 119 Å². The molecule has 1 N–H and O–H groups in total. The first kappa shape index (κ1) is 30.0. The van der Waals surface area contributed by atoms with Crippen LogP contribution >= 0.6 is 0 Å². The Balaban J connectivity index is 0.00000420. The molecule has 1 saturated heterocycles. The fourth-order valence-electron chi connectivity index (χ4n) is 4.73. The molecule has 0 aliphatic carbocycles. The van der Waals surface area contributed by atoms with Crippen molar-refractivity contribution in [1.82, 2.24) is 4.90 Å². The van der Waals surface area contributed by atoms with Gasteiger partial charge in [0.25, 0.3) is 0 Å². The Hall–Kier alpha value is -3.54. The maximum absolute atomic E-state index is 13.5. The SMILES string of the molecule is CC/C=C/C[C@@H](N=C(c1ccccc1)c1ccccc1[N-]C(=O)C1CCCN1Cc1ccccc1)C(=O)O.[Ni]. The van der Waals surface area contributed by atoms with Crippen LogP contribution in [-0.4, -0.2) is 46.2 Å². The normalized spacial score (nSPS) is 16.5. The van der Waals surface area contributed by atoms with Crippen LogP contribution in [-0.2, 0) is 32.6 Å². The van der Waals surface area contributed by atoms with Crippen LogP contribution in [0.4, 0.5) is 5.69 Å². The third kappa shape index (κ3) is 8.22. The zero-order chi connectivity index (χ0) is 26.7. The van der Waals surface area contributed by atoms with Crippen molar-refractivity contribution >= 4 is 23.3 Å². The number of benzene rings is 3. The Bertz CT molecular complexity index is 1280. The summed E-state index contributed by atoms with van der Waals surface area (Å²) >= 11 is 0. The van der Waals surface area contributed by atoms with Crippen LogP contribution in [0.5, 0.6) is 0 Å². The molecule has 39 heavy (non-hydrogen) atoms. The first-order valence-corrected chi connectivity index (χ1v) is 13.2. The topological polar surface area (TPSA) is 84.1 Å². The average molecular weight is 567 g/mol. The van der Waals surface area contributed by atoms with Crippen LogP contribution in [0.3, 0.4) is 0 Å². The number of likely N-dealkylation sites (tertiary alicyclic amines) is 1. The summed E-state index contributed by atoms with van der Waals surface area (Å²) in [5, 5.41) is 14.5. The average Bonchev–Trinajstić information content (AvgIpc) is 3.40. The molecule has 1 unspecified atom stereocenters. The van der Waals surface area contributed by atoms with Gasteiger partial charge >= 0.3 is 5.97 Å². The third-order valence-electron chi connectivity index (χ3n) is 6.65. The second-order valence-electron chi connectivity index (χ2n) is 9.39. The number of carboxylic acids is 1. The van der Waals surface area contributed by atoms with Crippen LogP contribution in [0.15, 0.2) is 102 Å². The molecule has 206 valence electrons. The second-order valence-corrected chi connectivity index (χ2v) is 9.39. The molecular weight excluding hydrogens is 533 g/mol. The number of amides is 1. The third-order valence-corrected chi connectivity index (χ3v) is 6.65. The number of carbonyl (C=O) groups is 2. The van der Waals surface area contributed by atoms with Crippen LogP contribution in [0.2, 0.25) is 0 Å². The van der Waals surface area contributed by atoms with Crippen LogP contribution in [0, 0.1) is 0 Å². The van der Waals surface area contributed by atoms with Crippen molar-refractivity contribution in [2.45, 2.75) is 51.2 Å². The van der Waals surface area contributed by atoms with E-state index in [-0.39, 0.29) is 34.9 Å². The molecule has 0 aromatic heterocycles. The minimum Gasteiger partial charge on any atom is -0.625 e. The first-order chi connectivity index (χ1) is 18.6. The molecule has 1 aliphatic heterocycles. The number of carbonyl (C=O) groups excluding carboxylic acids is 1. The van der Waals surface area contributed by atoms with E-state index in [1.165, 1.54) is 5.56 Å². The maximum Gasteiger partial charge on any atom is 0.328 e. The van der Waals surface area contributed by atoms with Crippen molar-refractivity contribution in [3.63, 3.8) is 0 Å². The summed E-state index contributed by atoms with van der Waals surface area (Å²) in [6, 6.07) is 25.8. The summed E-state index contributed by atoms with van der Waals surface area (Å²) < 4.78 is 0. The molecule has 2 atom stereocenters. The number of aliphatic imine (C=N–C) groups is 1. The van der Waals surface area contributed by atoms with Gasteiger partial charge in [0.15, 0.2) is 6.04 Å². The maximum atomic E-state index is 13.5. The zero-order valence-electron chi connectivity index (χ0n) is 22.1. The molecule has 0 spiro atoms. The quantitative estimate of drug-likeness (QED) is 0.162. The van der Waals surface area contributed by atoms with Gasteiger partial charge in [-0.2, -0.15) is 0 Å². The first-order valence-electron chi connectivity index (χ1n) is 13.2. The molecule has 1 aliphatic rings. The Labute approximate surface area is 240 Å². The Morgan fingerprint density at radius 2 is 1.67 bits per heavy atom. The number of rotatable bonds is 11. The van der Waals surface area contributed by atoms with Gasteiger partial charge in [0.05, 0.1) is 17.7 Å². The Morgan fingerprint density at radius 1 is 1.00 bits per heavy atom. The second kappa shape index (κ2) is 15.2. The van der Waals surface area contributed by atoms with Gasteiger partial charge in [0.2, 0.25) is 0 Å². The number of hydrogen-bond acceptors (Lipinski definition) is 4. The van der Waals surface area contributed by atoms with Gasteiger partial charge in [-0.1, -0.05) is 104 Å². The molecule has 3 aromatic rings. The molecule has 0 radical (unpaired) electrons. The van der Waals surface area contributed by atoms with Crippen molar-refractivity contribution in [3.8, 4) is 0 Å². The van der Waals surface area contributed by atoms with E-state index >= 15 is 0 Å². The van der Waals surface area contributed by atoms with E-state index in [2.05, 4.69) is 22.3 Å². The molecule has 0 bridgehead atoms. The van der Waals surface area contributed by atoms with Crippen LogP contribution in [0.25, 0.3) is 5.32 Å². The minimum atomic E-state index is -0.993. The van der Waals surface area contributed by atoms with Gasteiger partial charge < -0.3 is 15.2 Å². The number of carboxylic acid groups (broad SMARTS) is 1. The van der Waals surface area contributed by atoms with E-state index < -0.39 is 12.0 Å². The number of aliphatic carboxylic acids is 1. The molecular formula is C32H34N3NiO3-. The summed E-state index contributed by atoms with van der Waals surface area (Å²) in [5.41, 5.74) is 3.61. The van der Waals surface area contributed by atoms with E-state index in [0.29, 0.717) is 23.5 Å². The Morgan fingerprint density at radius 3 is 2.36 bits per heavy atom. The van der Waals surface area contributed by atoms with Gasteiger partial charge in [-0.25, -0.2) is 4.79 Å². The van der Waals surface area contributed by atoms with Crippen molar-refractivity contribution in [2.75, 3.05) is 6.54 Å². The summed E-state index contributed by atoms with van der Waals surface area (Å²) in [4.78, 5) is 32.5. The molecule has 1 heterocycles. The molecule has 1 fully saturated rings. The summed E-state index contributed by atoms with van der Waals surface area (Å²) in [7, 11) is 0. The number of nitrogens with zero attached hydrogens (tertiary/aromatic N) is 3. The zero-order valence-corrected chi connectivity index (χ0v) is 23.0. The van der Waals surface area contributed by atoms with E-state index in [0.717, 1.165) is 31.4 Å². The Kier molecular flexibility index (Phi) is 11.7. The van der Waals surface area contributed by atoms with Gasteiger partial charge in [0.1, 0.15) is 0 Å². The monoisotopic (exact) mass is 566 g/mol. The molecule has 7 heteroatoms. The van der Waals surface area contributed by atoms with Gasteiger partial charge in [-0.15, -0.1) is 5.69 Å². The smallest absolute Gasteiger partial charge is 0.328 e. The van der Waals surface area contributed by atoms with E-state index in [1.807, 2.05) is 85.8 Å². The molecule has 0 saturated carbocycles. The van der Waals surface area contributed by atoms with Gasteiger partial charge in [-0.05, 0) is 43.4 Å². The molecule has 3 aromatic carbocycles. The molecule has 1 amide bonds. The number of para-hydroxylation sites is 1. The van der Waals surface area contributed by atoms with Crippen LogP contribution < -0.4 is 0 Å². The predicted octanol–water partition coefficient (Wildman–Crippen LogP) is 6.53. The fourth-order valence-corrected chi connectivity index (χ4v) is 4.73. The predicted molar refractivity (Wildman–Crippen MR) is 152 cm³/mol. The summed E-state index contributed by atoms with van der Waals surface area (Å²) in [6.07, 6.45) is 6.62. The van der Waals surface area contributed by atoms with Crippen molar-refractivity contribution in [2.24, 2.45) is 4.99 Å². The van der Waals surface area contributed by atoms with E-state index in [9.17, 15) is 14.7 Å². The number of hydrogen-bond donors (Lipinski definition) is 1. The molecule has 6 nitrogen and oxygen atoms in total. The molecule has 4 rings (SSSR count). The standard InChI is InChI=1S/C32H35N3O3.Ni/c1-2-3-6-20-28(32(37)38)33-30(25-16-9-5-10-17-25)26-18-11-12-19-27(26)34-31(36)29-21-13-22-35(29)23-24-14-7-4-8-15-24;/h3-12,14-19,28-29H,2,13,20-23H2,1H3,(H2,33,34,36,37,38);/p-1/b6-3+;/t28-,29?;/m1./s1. The van der Waals surface area contributed by atoms with Gasteiger partial charge in [0, 0.05) is 28.6 Å². The van der Waals surface area contributed by atoms with Crippen LogP contribution in [0.1, 0.15) is 49.3 Å². The van der Waals surface area contributed by atoms with E-state index in [1.54, 1.807) is 6.07 Å². The fraction of sp³-hybridized carbons (Fsp3) is 0.281. The number of allylic oxidation sites excluding steroid dienone is 1. The minimum absolute atomic E-state index is 0. The largest absolute Gasteiger partial charge is 0.625 e. The van der Waals surface area contributed by atoms with E-state index in [4.69, 9.17) is 4.99 Å². The van der Waals surface area contributed by atoms with Gasteiger partial charge in [-0.3, -0.25) is 9.89 Å². The van der Waals surface area contributed by atoms with Crippen molar-refractivity contribution < 1.29 is 31.2 Å². The van der Waals surface area contributed by atoms with Crippen molar-refractivity contribution in [1.29, 1.82) is 0 Å².